The molecule has 1 amide bonds. The fourth-order valence-electron chi connectivity index (χ4n) is 4.20. The predicted molar refractivity (Wildman–Crippen MR) is 99.3 cm³/mol. The zero-order valence-corrected chi connectivity index (χ0v) is 15.6. The molecule has 0 bridgehead atoms. The van der Waals surface area contributed by atoms with Gasteiger partial charge in [-0.05, 0) is 44.0 Å². The molecular weight excluding hydrogens is 328 g/mol. The maximum Gasteiger partial charge on any atom is 0.239 e. The number of nitrogens with zero attached hydrogens (tertiary/aromatic N) is 4. The maximum atomic E-state index is 12.5. The molecule has 2 aliphatic rings. The molecule has 0 unspecified atom stereocenters. The number of rotatable bonds is 4. The number of likely N-dealkylation sites (tertiary alicyclic amines) is 2. The van der Waals surface area contributed by atoms with Gasteiger partial charge in [0.2, 0.25) is 5.91 Å². The van der Waals surface area contributed by atoms with Crippen LogP contribution in [-0.2, 0) is 11.3 Å². The largest absolute Gasteiger partial charge is 0.392 e. The first-order chi connectivity index (χ1) is 12.5. The van der Waals surface area contributed by atoms with Gasteiger partial charge in [0.15, 0.2) is 0 Å². The number of likely N-dealkylation sites (N-methyl/N-ethyl adjacent to an activating group) is 1. The summed E-state index contributed by atoms with van der Waals surface area (Å²) < 4.78 is 0. The summed E-state index contributed by atoms with van der Waals surface area (Å²) in [4.78, 5) is 18.7. The maximum absolute atomic E-state index is 12.5. The quantitative estimate of drug-likeness (QED) is 0.873. The van der Waals surface area contributed by atoms with Gasteiger partial charge >= 0.3 is 0 Å². The molecule has 26 heavy (non-hydrogen) atoms. The van der Waals surface area contributed by atoms with Crippen LogP contribution < -0.4 is 0 Å². The average Bonchev–Trinajstić information content (AvgIpc) is 3.03. The van der Waals surface area contributed by atoms with E-state index in [2.05, 4.69) is 15.9 Å². The highest BCUT2D eigenvalue weighted by molar-refractivity contribution is 5.81. The van der Waals surface area contributed by atoms with E-state index in [1.165, 1.54) is 0 Å². The molecule has 0 radical (unpaired) electrons. The highest BCUT2D eigenvalue weighted by Gasteiger charge is 2.41. The van der Waals surface area contributed by atoms with Crippen molar-refractivity contribution in [2.45, 2.75) is 44.0 Å². The van der Waals surface area contributed by atoms with Crippen molar-refractivity contribution in [2.24, 2.45) is 0 Å². The van der Waals surface area contributed by atoms with Gasteiger partial charge in [-0.1, -0.05) is 18.2 Å². The number of amides is 1. The summed E-state index contributed by atoms with van der Waals surface area (Å²) in [7, 11) is 3.56. The van der Waals surface area contributed by atoms with Crippen molar-refractivity contribution in [1.29, 1.82) is 5.26 Å². The van der Waals surface area contributed by atoms with Crippen LogP contribution in [0.3, 0.4) is 0 Å². The third-order valence-corrected chi connectivity index (χ3v) is 5.60. The van der Waals surface area contributed by atoms with E-state index in [0.29, 0.717) is 19.0 Å². The number of piperidine rings is 1. The van der Waals surface area contributed by atoms with Crippen LogP contribution in [0, 0.1) is 11.3 Å². The number of aliphatic hydroxyl groups is 1. The van der Waals surface area contributed by atoms with Crippen molar-refractivity contribution >= 4 is 5.91 Å². The lowest BCUT2D eigenvalue weighted by atomic mass is 10.0. The molecule has 0 aliphatic carbocycles. The number of carbonyl (C=O) groups is 1. The Labute approximate surface area is 155 Å². The van der Waals surface area contributed by atoms with Crippen LogP contribution in [0.2, 0.25) is 0 Å². The third-order valence-electron chi connectivity index (χ3n) is 5.60. The van der Waals surface area contributed by atoms with Crippen LogP contribution in [0.5, 0.6) is 0 Å². The smallest absolute Gasteiger partial charge is 0.239 e. The summed E-state index contributed by atoms with van der Waals surface area (Å²) >= 11 is 0. The van der Waals surface area contributed by atoms with Gasteiger partial charge < -0.3 is 10.0 Å². The summed E-state index contributed by atoms with van der Waals surface area (Å²) in [6.45, 7) is 3.27. The van der Waals surface area contributed by atoms with Crippen molar-refractivity contribution in [2.75, 3.05) is 33.7 Å². The summed E-state index contributed by atoms with van der Waals surface area (Å²) in [5, 5.41) is 19.3. The minimum absolute atomic E-state index is 0.0897. The third kappa shape index (κ3) is 4.07. The van der Waals surface area contributed by atoms with E-state index in [9.17, 15) is 15.2 Å². The number of aliphatic hydroxyl groups excluding tert-OH is 1. The monoisotopic (exact) mass is 356 g/mol. The summed E-state index contributed by atoms with van der Waals surface area (Å²) in [6.07, 6.45) is 2.09. The Kier molecular flexibility index (Phi) is 5.92. The van der Waals surface area contributed by atoms with Gasteiger partial charge in [-0.25, -0.2) is 0 Å². The fraction of sp³-hybridized carbons (Fsp3) is 0.600. The summed E-state index contributed by atoms with van der Waals surface area (Å²) in [5.41, 5.74) is 1.82. The zero-order valence-electron chi connectivity index (χ0n) is 15.6. The van der Waals surface area contributed by atoms with E-state index in [4.69, 9.17) is 0 Å². The second kappa shape index (κ2) is 8.17. The number of hydrogen-bond acceptors (Lipinski definition) is 5. The summed E-state index contributed by atoms with van der Waals surface area (Å²) in [6, 6.07) is 10.2. The first kappa shape index (κ1) is 18.8. The fourth-order valence-corrected chi connectivity index (χ4v) is 4.20. The number of benzene rings is 1. The van der Waals surface area contributed by atoms with E-state index in [0.717, 1.165) is 43.6 Å². The Hall–Kier alpha value is -1.94. The lowest BCUT2D eigenvalue weighted by molar-refractivity contribution is -0.134. The van der Waals surface area contributed by atoms with Crippen molar-refractivity contribution in [3.05, 3.63) is 35.4 Å². The van der Waals surface area contributed by atoms with Gasteiger partial charge in [0.1, 0.15) is 0 Å². The zero-order chi connectivity index (χ0) is 18.7. The number of carbonyl (C=O) groups excluding carboxylic acids is 1. The molecule has 2 atom stereocenters. The van der Waals surface area contributed by atoms with Gasteiger partial charge in [-0.15, -0.1) is 0 Å². The topological polar surface area (TPSA) is 70.8 Å². The molecular formula is C20H28N4O2. The van der Waals surface area contributed by atoms with Gasteiger partial charge in [0, 0.05) is 33.2 Å². The van der Waals surface area contributed by atoms with Crippen LogP contribution in [0.1, 0.15) is 30.4 Å². The predicted octanol–water partition coefficient (Wildman–Crippen LogP) is 1.05. The van der Waals surface area contributed by atoms with E-state index in [1.807, 2.05) is 24.3 Å². The van der Waals surface area contributed by atoms with Crippen LogP contribution in [-0.4, -0.2) is 77.6 Å². The van der Waals surface area contributed by atoms with Gasteiger partial charge in [-0.3, -0.25) is 14.6 Å². The lowest BCUT2D eigenvalue weighted by Crippen LogP contribution is -2.51. The molecule has 3 rings (SSSR count). The first-order valence-corrected chi connectivity index (χ1v) is 9.35. The number of β-amino-alcohol motifs (C(OH)–C–C–N with tert-alkyl or cyclic N) is 1. The van der Waals surface area contributed by atoms with Gasteiger partial charge in [0.25, 0.3) is 0 Å². The van der Waals surface area contributed by atoms with Crippen molar-refractivity contribution in [3.63, 3.8) is 0 Å². The second-order valence-electron chi connectivity index (χ2n) is 7.61. The molecule has 140 valence electrons. The minimum atomic E-state index is -0.413. The van der Waals surface area contributed by atoms with Crippen molar-refractivity contribution < 1.29 is 9.90 Å². The van der Waals surface area contributed by atoms with Crippen LogP contribution in [0.25, 0.3) is 0 Å². The van der Waals surface area contributed by atoms with Crippen LogP contribution >= 0.6 is 0 Å². The molecule has 6 nitrogen and oxygen atoms in total. The van der Waals surface area contributed by atoms with E-state index < -0.39 is 6.10 Å². The molecule has 2 saturated heterocycles. The Bertz CT molecular complexity index is 677. The Morgan fingerprint density at radius 2 is 2.00 bits per heavy atom. The highest BCUT2D eigenvalue weighted by atomic mass is 16.3. The van der Waals surface area contributed by atoms with Crippen molar-refractivity contribution in [3.8, 4) is 6.07 Å². The lowest BCUT2D eigenvalue weighted by Gasteiger charge is -2.39. The number of nitriles is 1. The normalized spacial score (nSPS) is 25.2. The molecule has 0 aromatic heterocycles. The number of hydrogen-bond donors (Lipinski definition) is 1. The Morgan fingerprint density at radius 3 is 2.65 bits per heavy atom. The van der Waals surface area contributed by atoms with E-state index in [1.54, 1.807) is 19.0 Å². The molecule has 2 fully saturated rings. The SMILES string of the molecule is CN(C)C(=O)[C@@H]1C[C@@H](O)CN1C1CCN(Cc2ccccc2C#N)CC1. The molecule has 0 spiro atoms. The molecule has 1 N–H and O–H groups in total. The Balaban J connectivity index is 1.59. The van der Waals surface area contributed by atoms with Crippen LogP contribution in [0.4, 0.5) is 0 Å². The van der Waals surface area contributed by atoms with Gasteiger partial charge in [0.05, 0.1) is 23.8 Å². The highest BCUT2D eigenvalue weighted by Crippen LogP contribution is 2.28. The molecule has 2 heterocycles. The average molecular weight is 356 g/mol. The molecule has 6 heteroatoms. The second-order valence-corrected chi connectivity index (χ2v) is 7.61. The minimum Gasteiger partial charge on any atom is -0.392 e. The van der Waals surface area contributed by atoms with E-state index in [-0.39, 0.29) is 11.9 Å². The molecule has 0 saturated carbocycles. The summed E-state index contributed by atoms with van der Waals surface area (Å²) in [5.74, 6) is 0.0897. The molecule has 1 aromatic rings. The molecule has 1 aromatic carbocycles. The Morgan fingerprint density at radius 1 is 1.31 bits per heavy atom. The van der Waals surface area contributed by atoms with Crippen molar-refractivity contribution in [1.82, 2.24) is 14.7 Å². The standard InChI is InChI=1S/C20H28N4O2/c1-22(2)20(26)19-11-18(25)14-24(19)17-7-9-23(10-8-17)13-16-6-4-3-5-15(16)12-21/h3-6,17-19,25H,7-11,13-14H2,1-2H3/t18-,19+/m1/s1. The van der Waals surface area contributed by atoms with E-state index >= 15 is 0 Å². The van der Waals surface area contributed by atoms with Crippen LogP contribution in [0.15, 0.2) is 24.3 Å². The first-order valence-electron chi connectivity index (χ1n) is 9.35. The van der Waals surface area contributed by atoms with Gasteiger partial charge in [-0.2, -0.15) is 5.26 Å². The molecule has 2 aliphatic heterocycles.